The minimum absolute atomic E-state index is 0.157. The molecule has 1 saturated carbocycles. The largest absolute Gasteiger partial charge is 0.391 e. The lowest BCUT2D eigenvalue weighted by atomic mass is 9.89. The van der Waals surface area contributed by atoms with Gasteiger partial charge in [0.2, 0.25) is 5.91 Å². The number of aliphatic hydroxyl groups is 1. The smallest absolute Gasteiger partial charge is 0.223 e. The lowest BCUT2D eigenvalue weighted by molar-refractivity contribution is -0.126. The molecule has 1 unspecified atom stereocenters. The predicted molar refractivity (Wildman–Crippen MR) is 62.1 cm³/mol. The quantitative estimate of drug-likeness (QED) is 0.716. The molecule has 0 aromatic carbocycles. The molecule has 1 atom stereocenters. The van der Waals surface area contributed by atoms with Crippen LogP contribution in [0.15, 0.2) is 0 Å². The number of methoxy groups -OCH3 is 1. The van der Waals surface area contributed by atoms with Crippen LogP contribution in [0.2, 0.25) is 0 Å². The van der Waals surface area contributed by atoms with Gasteiger partial charge in [0.1, 0.15) is 0 Å². The van der Waals surface area contributed by atoms with Gasteiger partial charge >= 0.3 is 0 Å². The molecule has 16 heavy (non-hydrogen) atoms. The average molecular weight is 229 g/mol. The number of carbonyl (C=O) groups is 1. The first-order chi connectivity index (χ1) is 7.74. The van der Waals surface area contributed by atoms with E-state index >= 15 is 0 Å². The summed E-state index contributed by atoms with van der Waals surface area (Å²) in [5.41, 5.74) is 0. The molecule has 4 nitrogen and oxygen atoms in total. The van der Waals surface area contributed by atoms with Crippen LogP contribution in [0.3, 0.4) is 0 Å². The van der Waals surface area contributed by atoms with E-state index in [9.17, 15) is 9.90 Å². The van der Waals surface area contributed by atoms with Crippen molar-refractivity contribution < 1.29 is 14.6 Å². The highest BCUT2D eigenvalue weighted by Gasteiger charge is 2.20. The van der Waals surface area contributed by atoms with Gasteiger partial charge in [0, 0.05) is 19.6 Å². The first-order valence-corrected chi connectivity index (χ1v) is 6.18. The van der Waals surface area contributed by atoms with E-state index in [0.29, 0.717) is 19.6 Å². The third kappa shape index (κ3) is 4.94. The van der Waals surface area contributed by atoms with E-state index in [1.165, 1.54) is 19.3 Å². The highest BCUT2D eigenvalue weighted by atomic mass is 16.5. The van der Waals surface area contributed by atoms with Crippen molar-refractivity contribution in [2.75, 3.05) is 20.3 Å². The molecule has 0 heterocycles. The van der Waals surface area contributed by atoms with Crippen molar-refractivity contribution in [3.63, 3.8) is 0 Å². The van der Waals surface area contributed by atoms with Crippen LogP contribution in [0.5, 0.6) is 0 Å². The van der Waals surface area contributed by atoms with Gasteiger partial charge in [-0.3, -0.25) is 4.79 Å². The molecule has 4 heteroatoms. The van der Waals surface area contributed by atoms with E-state index in [-0.39, 0.29) is 11.8 Å². The Bertz CT molecular complexity index is 202. The number of carbonyl (C=O) groups excluding carboxylic acids is 1. The second kappa shape index (κ2) is 7.63. The van der Waals surface area contributed by atoms with Gasteiger partial charge in [0.25, 0.3) is 0 Å². The fourth-order valence-corrected chi connectivity index (χ4v) is 2.15. The molecule has 0 saturated heterocycles. The number of aliphatic hydroxyl groups excluding tert-OH is 1. The van der Waals surface area contributed by atoms with Crippen LogP contribution in [0.4, 0.5) is 0 Å². The molecule has 0 aromatic heterocycles. The molecular formula is C12H23NO3. The van der Waals surface area contributed by atoms with Crippen molar-refractivity contribution in [1.82, 2.24) is 5.32 Å². The zero-order valence-corrected chi connectivity index (χ0v) is 10.1. The molecule has 1 aliphatic carbocycles. The fourth-order valence-electron chi connectivity index (χ4n) is 2.15. The Balaban J connectivity index is 2.09. The lowest BCUT2D eigenvalue weighted by Gasteiger charge is -2.21. The van der Waals surface area contributed by atoms with E-state index < -0.39 is 6.10 Å². The maximum Gasteiger partial charge on any atom is 0.223 e. The van der Waals surface area contributed by atoms with Crippen LogP contribution in [-0.2, 0) is 9.53 Å². The second-order valence-corrected chi connectivity index (χ2v) is 4.52. The SMILES string of the molecule is COCC(O)CCNC(=O)C1CCCCC1. The number of ether oxygens (including phenoxy) is 1. The van der Waals surface area contributed by atoms with E-state index in [4.69, 9.17) is 4.74 Å². The van der Waals surface area contributed by atoms with Crippen LogP contribution in [-0.4, -0.2) is 37.4 Å². The molecule has 0 aliphatic heterocycles. The normalized spacial score (nSPS) is 19.4. The van der Waals surface area contributed by atoms with Crippen molar-refractivity contribution in [2.45, 2.75) is 44.6 Å². The van der Waals surface area contributed by atoms with Gasteiger partial charge in [0.15, 0.2) is 0 Å². The zero-order chi connectivity index (χ0) is 11.8. The van der Waals surface area contributed by atoms with Gasteiger partial charge in [0.05, 0.1) is 12.7 Å². The summed E-state index contributed by atoms with van der Waals surface area (Å²) in [6.45, 7) is 0.874. The Morgan fingerprint density at radius 3 is 2.75 bits per heavy atom. The topological polar surface area (TPSA) is 58.6 Å². The summed E-state index contributed by atoms with van der Waals surface area (Å²) in [6.07, 6.45) is 5.73. The van der Waals surface area contributed by atoms with Crippen molar-refractivity contribution in [2.24, 2.45) is 5.92 Å². The molecule has 0 bridgehead atoms. The maximum absolute atomic E-state index is 11.7. The second-order valence-electron chi connectivity index (χ2n) is 4.52. The van der Waals surface area contributed by atoms with Crippen LogP contribution in [0.25, 0.3) is 0 Å². The molecule has 1 fully saturated rings. The monoisotopic (exact) mass is 229 g/mol. The van der Waals surface area contributed by atoms with E-state index in [0.717, 1.165) is 12.8 Å². The Hall–Kier alpha value is -0.610. The average Bonchev–Trinajstić information content (AvgIpc) is 2.30. The Labute approximate surface area is 97.4 Å². The van der Waals surface area contributed by atoms with E-state index in [2.05, 4.69) is 5.32 Å². The molecule has 0 aromatic rings. The lowest BCUT2D eigenvalue weighted by Crippen LogP contribution is -2.34. The third-order valence-corrected chi connectivity index (χ3v) is 3.11. The fraction of sp³-hybridized carbons (Fsp3) is 0.917. The van der Waals surface area contributed by atoms with Crippen molar-refractivity contribution in [3.8, 4) is 0 Å². The summed E-state index contributed by atoms with van der Waals surface area (Å²) in [4.78, 5) is 11.7. The van der Waals surface area contributed by atoms with Crippen LogP contribution in [0.1, 0.15) is 38.5 Å². The molecule has 1 rings (SSSR count). The minimum Gasteiger partial charge on any atom is -0.391 e. The summed E-state index contributed by atoms with van der Waals surface area (Å²) in [6, 6.07) is 0. The number of hydrogen-bond acceptors (Lipinski definition) is 3. The maximum atomic E-state index is 11.7. The Morgan fingerprint density at radius 1 is 1.44 bits per heavy atom. The number of amides is 1. The van der Waals surface area contributed by atoms with Crippen molar-refractivity contribution in [1.29, 1.82) is 0 Å². The van der Waals surface area contributed by atoms with Gasteiger partial charge in [-0.25, -0.2) is 0 Å². The predicted octanol–water partition coefficient (Wildman–Crippen LogP) is 1.08. The summed E-state index contributed by atoms with van der Waals surface area (Å²) in [7, 11) is 1.56. The van der Waals surface area contributed by atoms with Crippen LogP contribution < -0.4 is 5.32 Å². The molecular weight excluding hydrogens is 206 g/mol. The van der Waals surface area contributed by atoms with Crippen LogP contribution in [0, 0.1) is 5.92 Å². The molecule has 1 amide bonds. The summed E-state index contributed by atoms with van der Waals surface area (Å²) < 4.78 is 4.81. The van der Waals surface area contributed by atoms with E-state index in [1.807, 2.05) is 0 Å². The standard InChI is InChI=1S/C12H23NO3/c1-16-9-11(14)7-8-13-12(15)10-5-3-2-4-6-10/h10-11,14H,2-9H2,1H3,(H,13,15). The van der Waals surface area contributed by atoms with Gasteiger partial charge in [-0.15, -0.1) is 0 Å². The van der Waals surface area contributed by atoms with Gasteiger partial charge < -0.3 is 15.2 Å². The third-order valence-electron chi connectivity index (χ3n) is 3.11. The minimum atomic E-state index is -0.475. The van der Waals surface area contributed by atoms with Crippen molar-refractivity contribution in [3.05, 3.63) is 0 Å². The molecule has 94 valence electrons. The number of rotatable bonds is 6. The molecule has 0 spiro atoms. The van der Waals surface area contributed by atoms with Gasteiger partial charge in [-0.2, -0.15) is 0 Å². The molecule has 0 radical (unpaired) electrons. The van der Waals surface area contributed by atoms with Gasteiger partial charge in [-0.05, 0) is 19.3 Å². The number of nitrogens with one attached hydrogen (secondary N) is 1. The van der Waals surface area contributed by atoms with Gasteiger partial charge in [-0.1, -0.05) is 19.3 Å². The highest BCUT2D eigenvalue weighted by molar-refractivity contribution is 5.78. The summed E-state index contributed by atoms with van der Waals surface area (Å²) >= 11 is 0. The highest BCUT2D eigenvalue weighted by Crippen LogP contribution is 2.23. The Morgan fingerprint density at radius 2 is 2.12 bits per heavy atom. The number of hydrogen-bond donors (Lipinski definition) is 2. The molecule has 2 N–H and O–H groups in total. The molecule has 1 aliphatic rings. The van der Waals surface area contributed by atoms with Crippen molar-refractivity contribution >= 4 is 5.91 Å². The zero-order valence-electron chi connectivity index (χ0n) is 10.1. The first-order valence-electron chi connectivity index (χ1n) is 6.18. The first kappa shape index (κ1) is 13.5. The summed E-state index contributed by atoms with van der Waals surface area (Å²) in [5.74, 6) is 0.359. The van der Waals surface area contributed by atoms with Crippen LogP contribution >= 0.6 is 0 Å². The summed E-state index contributed by atoms with van der Waals surface area (Å²) in [5, 5.41) is 12.3. The Kier molecular flexibility index (Phi) is 6.42. The van der Waals surface area contributed by atoms with E-state index in [1.54, 1.807) is 7.11 Å².